The molecule has 2 aromatic rings. The molecule has 2 bridgehead atoms. The van der Waals surface area contributed by atoms with Gasteiger partial charge in [-0.1, -0.05) is 60.7 Å². The van der Waals surface area contributed by atoms with Gasteiger partial charge in [-0.15, -0.1) is 0 Å². The third-order valence-corrected chi connectivity index (χ3v) is 4.06. The van der Waals surface area contributed by atoms with Crippen molar-refractivity contribution in [3.05, 3.63) is 71.8 Å². The predicted molar refractivity (Wildman–Crippen MR) is 81.4 cm³/mol. The van der Waals surface area contributed by atoms with E-state index < -0.39 is 0 Å². The zero-order chi connectivity index (χ0) is 13.4. The van der Waals surface area contributed by atoms with Crippen molar-refractivity contribution in [1.82, 2.24) is 0 Å². The Bertz CT molecular complexity index is 635. The summed E-state index contributed by atoms with van der Waals surface area (Å²) in [6.07, 6.45) is 6.88. The Morgan fingerprint density at radius 3 is 2.70 bits per heavy atom. The average molecular weight is 263 g/mol. The van der Waals surface area contributed by atoms with Gasteiger partial charge >= 0.3 is 0 Å². The molecule has 20 heavy (non-hydrogen) atoms. The molecular formula is C18H17NO. The van der Waals surface area contributed by atoms with Crippen molar-refractivity contribution in [1.29, 1.82) is 0 Å². The number of rotatable bonds is 2. The lowest BCUT2D eigenvalue weighted by Crippen LogP contribution is -2.30. The number of hydroxylamine groups is 1. The first kappa shape index (κ1) is 11.7. The van der Waals surface area contributed by atoms with Crippen LogP contribution in [0.4, 0.5) is 5.69 Å². The summed E-state index contributed by atoms with van der Waals surface area (Å²) < 4.78 is 0. The van der Waals surface area contributed by atoms with Gasteiger partial charge in [-0.3, -0.25) is 4.84 Å². The Hall–Kier alpha value is -2.06. The summed E-state index contributed by atoms with van der Waals surface area (Å²) >= 11 is 0. The molecule has 2 aliphatic heterocycles. The van der Waals surface area contributed by atoms with Crippen molar-refractivity contribution < 1.29 is 4.84 Å². The Kier molecular flexibility index (Phi) is 2.82. The number of anilines is 1. The zero-order valence-electron chi connectivity index (χ0n) is 11.3. The highest BCUT2D eigenvalue weighted by Gasteiger charge is 2.37. The van der Waals surface area contributed by atoms with Crippen LogP contribution in [0.25, 0.3) is 6.08 Å². The second kappa shape index (κ2) is 4.80. The second-order valence-corrected chi connectivity index (χ2v) is 5.46. The summed E-state index contributed by atoms with van der Waals surface area (Å²) in [5, 5.41) is 2.09. The molecule has 2 nitrogen and oxygen atoms in total. The molecule has 0 unspecified atom stereocenters. The van der Waals surface area contributed by atoms with Gasteiger partial charge in [0.25, 0.3) is 0 Å². The minimum absolute atomic E-state index is 0.329. The van der Waals surface area contributed by atoms with Crippen LogP contribution in [0.1, 0.15) is 17.5 Å². The third kappa shape index (κ3) is 2.02. The minimum atomic E-state index is 0.329. The number of fused-ring (bicyclic) bond motifs is 4. The molecule has 1 saturated heterocycles. The molecule has 0 aliphatic carbocycles. The van der Waals surface area contributed by atoms with Crippen molar-refractivity contribution in [2.24, 2.45) is 0 Å². The Balaban J connectivity index is 1.61. The fourth-order valence-electron chi connectivity index (χ4n) is 3.09. The fourth-order valence-corrected chi connectivity index (χ4v) is 3.09. The predicted octanol–water partition coefficient (Wildman–Crippen LogP) is 3.84. The van der Waals surface area contributed by atoms with Gasteiger partial charge in [-0.2, -0.15) is 0 Å². The summed E-state index contributed by atoms with van der Waals surface area (Å²) in [7, 11) is 0. The van der Waals surface area contributed by atoms with E-state index in [2.05, 4.69) is 65.7 Å². The average Bonchev–Trinajstić information content (AvgIpc) is 2.84. The molecule has 1 fully saturated rings. The van der Waals surface area contributed by atoms with E-state index >= 15 is 0 Å². The maximum atomic E-state index is 6.01. The molecule has 2 heteroatoms. The van der Waals surface area contributed by atoms with Crippen LogP contribution in [-0.4, -0.2) is 12.1 Å². The van der Waals surface area contributed by atoms with Gasteiger partial charge in [0.05, 0.1) is 17.8 Å². The lowest BCUT2D eigenvalue weighted by molar-refractivity contribution is 0.0753. The number of nitrogens with zero attached hydrogens (tertiary/aromatic N) is 1. The maximum absolute atomic E-state index is 6.01. The topological polar surface area (TPSA) is 12.5 Å². The van der Waals surface area contributed by atoms with Crippen molar-refractivity contribution in [2.75, 3.05) is 5.06 Å². The third-order valence-electron chi connectivity index (χ3n) is 4.06. The van der Waals surface area contributed by atoms with Crippen molar-refractivity contribution in [2.45, 2.75) is 25.0 Å². The van der Waals surface area contributed by atoms with Crippen LogP contribution in [-0.2, 0) is 11.3 Å². The molecule has 2 aromatic carbocycles. The molecule has 0 amide bonds. The Labute approximate surface area is 119 Å². The van der Waals surface area contributed by atoms with Crippen LogP contribution in [0.3, 0.4) is 0 Å². The highest BCUT2D eigenvalue weighted by molar-refractivity contribution is 5.58. The molecule has 0 spiro atoms. The molecule has 2 aliphatic rings. The molecule has 0 saturated carbocycles. The van der Waals surface area contributed by atoms with Gasteiger partial charge in [0.2, 0.25) is 0 Å². The van der Waals surface area contributed by atoms with Crippen LogP contribution >= 0.6 is 0 Å². The van der Waals surface area contributed by atoms with E-state index in [1.165, 1.54) is 16.8 Å². The number of benzene rings is 2. The van der Waals surface area contributed by atoms with E-state index in [-0.39, 0.29) is 0 Å². The van der Waals surface area contributed by atoms with Gasteiger partial charge in [0.1, 0.15) is 0 Å². The molecular weight excluding hydrogens is 246 g/mol. The smallest absolute Gasteiger partial charge is 0.0921 e. The quantitative estimate of drug-likeness (QED) is 0.816. The van der Waals surface area contributed by atoms with Gasteiger partial charge < -0.3 is 0 Å². The van der Waals surface area contributed by atoms with Crippen LogP contribution in [0.5, 0.6) is 0 Å². The highest BCUT2D eigenvalue weighted by Crippen LogP contribution is 2.38. The summed E-state index contributed by atoms with van der Waals surface area (Å²) in [6, 6.07) is 19.3. The van der Waals surface area contributed by atoms with E-state index in [4.69, 9.17) is 4.84 Å². The first-order chi connectivity index (χ1) is 9.90. The second-order valence-electron chi connectivity index (χ2n) is 5.46. The Morgan fingerprint density at radius 1 is 1.00 bits per heavy atom. The lowest BCUT2D eigenvalue weighted by atomic mass is 10.0. The van der Waals surface area contributed by atoms with Crippen LogP contribution in [0.2, 0.25) is 0 Å². The van der Waals surface area contributed by atoms with Crippen molar-refractivity contribution >= 4 is 11.8 Å². The minimum Gasteiger partial charge on any atom is -0.269 e. The molecule has 0 N–H and O–H groups in total. The summed E-state index contributed by atoms with van der Waals surface area (Å²) in [6.45, 7) is 0. The lowest BCUT2D eigenvalue weighted by Gasteiger charge is -2.28. The van der Waals surface area contributed by atoms with Gasteiger partial charge in [-0.25, -0.2) is 5.06 Å². The monoisotopic (exact) mass is 263 g/mol. The van der Waals surface area contributed by atoms with E-state index in [1.807, 2.05) is 6.07 Å². The van der Waals surface area contributed by atoms with Crippen molar-refractivity contribution in [3.8, 4) is 0 Å². The molecule has 4 rings (SSSR count). The van der Waals surface area contributed by atoms with E-state index in [9.17, 15) is 0 Å². The SMILES string of the molecule is C(=C\[C@H]1C[C@H]2Cc3ccccc3N1O2)/c1ccccc1. The molecule has 2 heterocycles. The maximum Gasteiger partial charge on any atom is 0.0921 e. The largest absolute Gasteiger partial charge is 0.269 e. The van der Waals surface area contributed by atoms with E-state index in [1.54, 1.807) is 0 Å². The molecule has 0 aromatic heterocycles. The van der Waals surface area contributed by atoms with Crippen LogP contribution < -0.4 is 5.06 Å². The molecule has 2 atom stereocenters. The standard InChI is InChI=1S/C18H17NO/c1-2-6-14(7-3-1)10-11-16-13-17-12-15-8-4-5-9-18(15)19(16)20-17/h1-11,16-17H,12-13H2/b11-10+/t16-,17+/m0/s1. The van der Waals surface area contributed by atoms with Crippen LogP contribution in [0.15, 0.2) is 60.7 Å². The molecule has 0 radical (unpaired) electrons. The number of hydrogen-bond acceptors (Lipinski definition) is 2. The molecule has 100 valence electrons. The van der Waals surface area contributed by atoms with Crippen LogP contribution in [0, 0.1) is 0 Å². The number of para-hydroxylation sites is 1. The normalized spacial score (nSPS) is 24.1. The van der Waals surface area contributed by atoms with Gasteiger partial charge in [-0.05, 0) is 17.2 Å². The Morgan fingerprint density at radius 2 is 1.80 bits per heavy atom. The summed E-state index contributed by atoms with van der Waals surface area (Å²) in [5.74, 6) is 0. The van der Waals surface area contributed by atoms with Gasteiger partial charge in [0.15, 0.2) is 0 Å². The highest BCUT2D eigenvalue weighted by atomic mass is 16.7. The zero-order valence-corrected chi connectivity index (χ0v) is 11.3. The summed E-state index contributed by atoms with van der Waals surface area (Å²) in [5.41, 5.74) is 3.87. The fraction of sp³-hybridized carbons (Fsp3) is 0.222. The summed E-state index contributed by atoms with van der Waals surface area (Å²) in [4.78, 5) is 6.01. The number of hydrogen-bond donors (Lipinski definition) is 0. The first-order valence-corrected chi connectivity index (χ1v) is 7.17. The van der Waals surface area contributed by atoms with Gasteiger partial charge in [0, 0.05) is 12.8 Å². The van der Waals surface area contributed by atoms with Crippen molar-refractivity contribution in [3.63, 3.8) is 0 Å². The van der Waals surface area contributed by atoms with E-state index in [0.29, 0.717) is 12.1 Å². The first-order valence-electron chi connectivity index (χ1n) is 7.17. The van der Waals surface area contributed by atoms with E-state index in [0.717, 1.165) is 12.8 Å².